The summed E-state index contributed by atoms with van der Waals surface area (Å²) in [6, 6.07) is 5.45. The van der Waals surface area contributed by atoms with Gasteiger partial charge in [-0.2, -0.15) is 0 Å². The van der Waals surface area contributed by atoms with Crippen LogP contribution in [0.15, 0.2) is 36.4 Å². The summed E-state index contributed by atoms with van der Waals surface area (Å²) in [5.74, 6) is 0.560. The monoisotopic (exact) mass is 376 g/mol. The van der Waals surface area contributed by atoms with Crippen molar-refractivity contribution in [3.8, 4) is 11.5 Å². The standard InChI is InChI=1S/C21H28O6/c1-6-21(2,3)20(23)27-14-13-26-19(22)10-8-7-9-16-11-12-17(24-4)15-18(16)25-5/h7-12,15H,6,13-14H2,1-5H3/b9-7+,10-8+. The Bertz CT molecular complexity index is 688. The van der Waals surface area contributed by atoms with Gasteiger partial charge in [-0.25, -0.2) is 4.79 Å². The summed E-state index contributed by atoms with van der Waals surface area (Å²) in [6.45, 7) is 5.61. The summed E-state index contributed by atoms with van der Waals surface area (Å²) in [6.07, 6.45) is 7.05. The Morgan fingerprint density at radius 3 is 2.37 bits per heavy atom. The van der Waals surface area contributed by atoms with Gasteiger partial charge in [-0.3, -0.25) is 4.79 Å². The molecule has 0 radical (unpaired) electrons. The third-order valence-electron chi connectivity index (χ3n) is 4.06. The Morgan fingerprint density at radius 2 is 1.74 bits per heavy atom. The molecule has 6 heteroatoms. The molecule has 1 rings (SSSR count). The lowest BCUT2D eigenvalue weighted by atomic mass is 9.91. The first-order valence-corrected chi connectivity index (χ1v) is 8.74. The van der Waals surface area contributed by atoms with Crippen LogP contribution in [0.25, 0.3) is 6.08 Å². The molecule has 0 aromatic heterocycles. The van der Waals surface area contributed by atoms with Crippen LogP contribution in [0.2, 0.25) is 0 Å². The van der Waals surface area contributed by atoms with Crippen LogP contribution in [0.1, 0.15) is 32.8 Å². The van der Waals surface area contributed by atoms with Crippen molar-refractivity contribution in [2.45, 2.75) is 27.2 Å². The van der Waals surface area contributed by atoms with E-state index in [0.717, 1.165) is 5.56 Å². The molecular weight excluding hydrogens is 348 g/mol. The summed E-state index contributed by atoms with van der Waals surface area (Å²) in [5, 5.41) is 0. The Kier molecular flexibility index (Phi) is 9.13. The molecule has 0 spiro atoms. The molecule has 0 aliphatic rings. The highest BCUT2D eigenvalue weighted by molar-refractivity contribution is 5.82. The van der Waals surface area contributed by atoms with Gasteiger partial charge in [0.2, 0.25) is 0 Å². The van der Waals surface area contributed by atoms with Gasteiger partial charge >= 0.3 is 11.9 Å². The number of hydrogen-bond donors (Lipinski definition) is 0. The molecule has 148 valence electrons. The van der Waals surface area contributed by atoms with Crippen LogP contribution in [-0.4, -0.2) is 39.4 Å². The first-order chi connectivity index (χ1) is 12.8. The lowest BCUT2D eigenvalue weighted by molar-refractivity contribution is -0.157. The van der Waals surface area contributed by atoms with E-state index < -0.39 is 11.4 Å². The van der Waals surface area contributed by atoms with Gasteiger partial charge in [0.15, 0.2) is 0 Å². The Balaban J connectivity index is 2.42. The molecule has 0 heterocycles. The lowest BCUT2D eigenvalue weighted by Crippen LogP contribution is -2.27. The first kappa shape index (κ1) is 22.3. The van der Waals surface area contributed by atoms with E-state index in [-0.39, 0.29) is 19.2 Å². The fraction of sp³-hybridized carbons (Fsp3) is 0.429. The van der Waals surface area contributed by atoms with Gasteiger partial charge < -0.3 is 18.9 Å². The largest absolute Gasteiger partial charge is 0.497 e. The topological polar surface area (TPSA) is 71.1 Å². The van der Waals surface area contributed by atoms with Crippen LogP contribution in [0.4, 0.5) is 0 Å². The highest BCUT2D eigenvalue weighted by atomic mass is 16.6. The van der Waals surface area contributed by atoms with Gasteiger partial charge in [-0.15, -0.1) is 0 Å². The van der Waals surface area contributed by atoms with Crippen molar-refractivity contribution in [1.29, 1.82) is 0 Å². The zero-order valence-corrected chi connectivity index (χ0v) is 16.6. The van der Waals surface area contributed by atoms with E-state index in [1.165, 1.54) is 6.08 Å². The van der Waals surface area contributed by atoms with E-state index in [9.17, 15) is 9.59 Å². The van der Waals surface area contributed by atoms with Crippen LogP contribution in [0.5, 0.6) is 11.5 Å². The molecule has 0 saturated carbocycles. The molecule has 0 aliphatic carbocycles. The predicted molar refractivity (Wildman–Crippen MR) is 104 cm³/mol. The van der Waals surface area contributed by atoms with Crippen LogP contribution >= 0.6 is 0 Å². The third kappa shape index (κ3) is 7.56. The number of carbonyl (C=O) groups is 2. The summed E-state index contributed by atoms with van der Waals surface area (Å²) < 4.78 is 20.5. The molecule has 0 saturated heterocycles. The Hall–Kier alpha value is -2.76. The van der Waals surface area contributed by atoms with E-state index in [1.54, 1.807) is 38.5 Å². The number of ether oxygens (including phenoxy) is 4. The van der Waals surface area contributed by atoms with Crippen molar-refractivity contribution in [2.75, 3.05) is 27.4 Å². The minimum absolute atomic E-state index is 0.0186. The zero-order chi connectivity index (χ0) is 20.3. The van der Waals surface area contributed by atoms with Gasteiger partial charge in [-0.1, -0.05) is 25.2 Å². The number of allylic oxidation sites excluding steroid dienone is 2. The van der Waals surface area contributed by atoms with Crippen LogP contribution in [0, 0.1) is 5.41 Å². The molecule has 27 heavy (non-hydrogen) atoms. The van der Waals surface area contributed by atoms with E-state index in [4.69, 9.17) is 18.9 Å². The molecule has 0 bridgehead atoms. The maximum absolute atomic E-state index is 11.8. The number of rotatable bonds is 10. The van der Waals surface area contributed by atoms with Crippen LogP contribution in [-0.2, 0) is 19.1 Å². The molecular formula is C21H28O6. The second-order valence-corrected chi connectivity index (χ2v) is 6.37. The minimum Gasteiger partial charge on any atom is -0.497 e. The van der Waals surface area contributed by atoms with Crippen molar-refractivity contribution >= 4 is 18.0 Å². The number of esters is 2. The Labute approximate surface area is 160 Å². The molecule has 0 unspecified atom stereocenters. The fourth-order valence-electron chi connectivity index (χ4n) is 1.91. The average molecular weight is 376 g/mol. The van der Waals surface area contributed by atoms with E-state index >= 15 is 0 Å². The van der Waals surface area contributed by atoms with Gasteiger partial charge in [-0.05, 0) is 32.4 Å². The normalized spacial score (nSPS) is 11.6. The molecule has 6 nitrogen and oxygen atoms in total. The summed E-state index contributed by atoms with van der Waals surface area (Å²) in [4.78, 5) is 23.4. The number of carbonyl (C=O) groups excluding carboxylic acids is 2. The lowest BCUT2D eigenvalue weighted by Gasteiger charge is -2.20. The van der Waals surface area contributed by atoms with Crippen LogP contribution < -0.4 is 9.47 Å². The van der Waals surface area contributed by atoms with E-state index in [0.29, 0.717) is 17.9 Å². The van der Waals surface area contributed by atoms with Gasteiger partial charge in [0.05, 0.1) is 19.6 Å². The van der Waals surface area contributed by atoms with Crippen molar-refractivity contribution in [3.63, 3.8) is 0 Å². The first-order valence-electron chi connectivity index (χ1n) is 8.74. The molecule has 0 atom stereocenters. The average Bonchev–Trinajstić information content (AvgIpc) is 2.68. The van der Waals surface area contributed by atoms with E-state index in [1.807, 2.05) is 32.9 Å². The van der Waals surface area contributed by atoms with Gasteiger partial charge in [0.1, 0.15) is 24.7 Å². The molecule has 0 aliphatic heterocycles. The maximum atomic E-state index is 11.8. The summed E-state index contributed by atoms with van der Waals surface area (Å²) in [7, 11) is 3.16. The third-order valence-corrected chi connectivity index (χ3v) is 4.06. The second kappa shape index (κ2) is 11.1. The number of hydrogen-bond acceptors (Lipinski definition) is 6. The zero-order valence-electron chi connectivity index (χ0n) is 16.6. The number of methoxy groups -OCH3 is 2. The Morgan fingerprint density at radius 1 is 1.04 bits per heavy atom. The molecule has 0 fully saturated rings. The van der Waals surface area contributed by atoms with Gasteiger partial charge in [0, 0.05) is 17.7 Å². The predicted octanol–water partition coefficient (Wildman–Crippen LogP) is 3.80. The molecule has 0 N–H and O–H groups in total. The number of benzene rings is 1. The summed E-state index contributed by atoms with van der Waals surface area (Å²) in [5.41, 5.74) is 0.318. The van der Waals surface area contributed by atoms with E-state index in [2.05, 4.69) is 0 Å². The van der Waals surface area contributed by atoms with Crippen molar-refractivity contribution in [1.82, 2.24) is 0 Å². The second-order valence-electron chi connectivity index (χ2n) is 6.37. The molecule has 1 aromatic rings. The maximum Gasteiger partial charge on any atom is 0.330 e. The highest BCUT2D eigenvalue weighted by Crippen LogP contribution is 2.25. The fourth-order valence-corrected chi connectivity index (χ4v) is 1.91. The van der Waals surface area contributed by atoms with Crippen molar-refractivity contribution < 1.29 is 28.5 Å². The molecule has 1 aromatic carbocycles. The minimum atomic E-state index is -0.531. The van der Waals surface area contributed by atoms with Crippen molar-refractivity contribution in [3.05, 3.63) is 42.0 Å². The molecule has 0 amide bonds. The van der Waals surface area contributed by atoms with Crippen molar-refractivity contribution in [2.24, 2.45) is 5.41 Å². The highest BCUT2D eigenvalue weighted by Gasteiger charge is 2.26. The quantitative estimate of drug-likeness (QED) is 0.268. The smallest absolute Gasteiger partial charge is 0.330 e. The SMILES string of the molecule is CCC(C)(C)C(=O)OCCOC(=O)/C=C/C=C/c1ccc(OC)cc1OC. The van der Waals surface area contributed by atoms with Crippen LogP contribution in [0.3, 0.4) is 0 Å². The van der Waals surface area contributed by atoms with Gasteiger partial charge in [0.25, 0.3) is 0 Å². The summed E-state index contributed by atoms with van der Waals surface area (Å²) >= 11 is 0.